The normalized spacial score (nSPS) is 12.8. The molecule has 6 aromatic carbocycles. The van der Waals surface area contributed by atoms with Crippen LogP contribution in [0.1, 0.15) is 0 Å². The summed E-state index contributed by atoms with van der Waals surface area (Å²) >= 11 is 0. The van der Waals surface area contributed by atoms with Gasteiger partial charge in [0.2, 0.25) is 0 Å². The number of hydrogen-bond acceptors (Lipinski definition) is 1. The molecule has 180 valence electrons. The Morgan fingerprint density at radius 1 is 0.538 bits per heavy atom. The average molecular weight is 495 g/mol. The van der Waals surface area contributed by atoms with Crippen molar-refractivity contribution in [3.63, 3.8) is 0 Å². The topological polar surface area (TPSA) is 14.2 Å². The lowest BCUT2D eigenvalue weighted by Gasteiger charge is -2.33. The molecule has 0 radical (unpaired) electrons. The third kappa shape index (κ3) is 2.82. The molecule has 2 aliphatic rings. The van der Waals surface area contributed by atoms with Gasteiger partial charge in [0, 0.05) is 16.5 Å². The van der Waals surface area contributed by atoms with Gasteiger partial charge in [-0.1, -0.05) is 109 Å². The fourth-order valence-corrected chi connectivity index (χ4v) is 6.82. The van der Waals surface area contributed by atoms with Gasteiger partial charge in [0.25, 0.3) is 6.71 Å². The van der Waals surface area contributed by atoms with E-state index in [1.807, 2.05) is 0 Å². The first-order chi connectivity index (χ1) is 19.4. The first kappa shape index (κ1) is 21.0. The highest BCUT2D eigenvalue weighted by Crippen LogP contribution is 2.44. The van der Waals surface area contributed by atoms with Gasteiger partial charge < -0.3 is 9.30 Å². The van der Waals surface area contributed by atoms with Crippen LogP contribution in [0.3, 0.4) is 0 Å². The van der Waals surface area contributed by atoms with Crippen LogP contribution in [0, 0.1) is 0 Å². The van der Waals surface area contributed by atoms with E-state index in [9.17, 15) is 0 Å². The number of aromatic nitrogens is 1. The van der Waals surface area contributed by atoms with Gasteiger partial charge in [-0.3, -0.25) is 0 Å². The van der Waals surface area contributed by atoms with Crippen molar-refractivity contribution >= 4 is 44.9 Å². The lowest BCUT2D eigenvalue weighted by Crippen LogP contribution is -2.58. The van der Waals surface area contributed by atoms with Crippen LogP contribution in [0.15, 0.2) is 133 Å². The van der Waals surface area contributed by atoms with Gasteiger partial charge in [-0.25, -0.2) is 0 Å². The fraction of sp³-hybridized carbons (Fsp3) is 0. The number of rotatable bonds is 2. The minimum atomic E-state index is 0.105. The number of fused-ring (bicyclic) bond motifs is 8. The molecule has 0 amide bonds. The molecule has 9 rings (SSSR count). The monoisotopic (exact) mass is 495 g/mol. The van der Waals surface area contributed by atoms with Crippen LogP contribution >= 0.6 is 0 Å². The lowest BCUT2D eigenvalue weighted by atomic mass is 9.34. The van der Waals surface area contributed by atoms with Gasteiger partial charge in [-0.05, 0) is 62.9 Å². The third-order valence-electron chi connectivity index (χ3n) is 8.45. The summed E-state index contributed by atoms with van der Waals surface area (Å²) in [6.45, 7) is 0.105. The highest BCUT2D eigenvalue weighted by molar-refractivity contribution is 6.99. The van der Waals surface area contributed by atoms with Crippen molar-refractivity contribution in [2.45, 2.75) is 0 Å². The summed E-state index contributed by atoms with van der Waals surface area (Å²) in [5.74, 6) is 1.89. The van der Waals surface area contributed by atoms with Gasteiger partial charge in [0.1, 0.15) is 11.5 Å². The van der Waals surface area contributed by atoms with Crippen LogP contribution in [-0.2, 0) is 0 Å². The predicted octanol–water partition coefficient (Wildman–Crippen LogP) is 7.05. The second kappa shape index (κ2) is 7.75. The van der Waals surface area contributed by atoms with Gasteiger partial charge in [0.15, 0.2) is 0 Å². The van der Waals surface area contributed by atoms with Crippen LogP contribution in [0.4, 0.5) is 0 Å². The zero-order chi connectivity index (χ0) is 25.5. The summed E-state index contributed by atoms with van der Waals surface area (Å²) in [7, 11) is 0. The van der Waals surface area contributed by atoms with Crippen molar-refractivity contribution in [2.75, 3.05) is 0 Å². The third-order valence-corrected chi connectivity index (χ3v) is 8.45. The second-order valence-corrected chi connectivity index (χ2v) is 10.5. The highest BCUT2D eigenvalue weighted by Gasteiger charge is 2.41. The zero-order valence-electron chi connectivity index (χ0n) is 21.1. The first-order valence-corrected chi connectivity index (χ1v) is 13.5. The van der Waals surface area contributed by atoms with Gasteiger partial charge >= 0.3 is 0 Å². The maximum atomic E-state index is 6.70. The summed E-state index contributed by atoms with van der Waals surface area (Å²) in [5, 5.41) is 2.56. The molecular formula is C36H22BNO. The Labute approximate surface area is 226 Å². The van der Waals surface area contributed by atoms with E-state index >= 15 is 0 Å². The predicted molar refractivity (Wildman–Crippen MR) is 163 cm³/mol. The maximum Gasteiger partial charge on any atom is 0.256 e. The molecular weight excluding hydrogens is 473 g/mol. The molecule has 0 spiro atoms. The van der Waals surface area contributed by atoms with Crippen LogP contribution < -0.4 is 21.1 Å². The van der Waals surface area contributed by atoms with E-state index in [-0.39, 0.29) is 6.71 Å². The zero-order valence-corrected chi connectivity index (χ0v) is 21.1. The maximum absolute atomic E-state index is 6.70. The summed E-state index contributed by atoms with van der Waals surface area (Å²) < 4.78 is 9.19. The molecule has 0 bridgehead atoms. The van der Waals surface area contributed by atoms with Crippen LogP contribution in [0.25, 0.3) is 49.7 Å². The molecule has 0 atom stereocenters. The number of ether oxygens (including phenoxy) is 1. The van der Waals surface area contributed by atoms with Crippen LogP contribution in [-0.4, -0.2) is 11.3 Å². The number of hydrogen-bond donors (Lipinski definition) is 0. The van der Waals surface area contributed by atoms with E-state index in [0.29, 0.717) is 0 Å². The van der Waals surface area contributed by atoms with Crippen LogP contribution in [0.5, 0.6) is 11.5 Å². The molecule has 0 fully saturated rings. The van der Waals surface area contributed by atoms with Gasteiger partial charge in [-0.2, -0.15) is 0 Å². The summed E-state index contributed by atoms with van der Waals surface area (Å²) in [6.07, 6.45) is 0. The van der Waals surface area contributed by atoms with Gasteiger partial charge in [0.05, 0.1) is 11.0 Å². The van der Waals surface area contributed by atoms with Crippen molar-refractivity contribution in [1.82, 2.24) is 4.57 Å². The Morgan fingerprint density at radius 3 is 2.10 bits per heavy atom. The van der Waals surface area contributed by atoms with E-state index in [0.717, 1.165) is 11.5 Å². The van der Waals surface area contributed by atoms with Crippen molar-refractivity contribution in [2.24, 2.45) is 0 Å². The lowest BCUT2D eigenvalue weighted by molar-refractivity contribution is 0.488. The second-order valence-electron chi connectivity index (χ2n) is 10.5. The Morgan fingerprint density at radius 2 is 1.26 bits per heavy atom. The van der Waals surface area contributed by atoms with Crippen molar-refractivity contribution in [3.8, 4) is 39.4 Å². The Hall–Kier alpha value is -5.02. The minimum Gasteiger partial charge on any atom is -0.458 e. The summed E-state index contributed by atoms with van der Waals surface area (Å²) in [6, 6.07) is 48.0. The molecule has 7 aromatic rings. The molecule has 0 unspecified atom stereocenters. The molecule has 3 heteroatoms. The smallest absolute Gasteiger partial charge is 0.256 e. The molecule has 0 aliphatic carbocycles. The average Bonchev–Trinajstić information content (AvgIpc) is 3.36. The van der Waals surface area contributed by atoms with E-state index in [1.54, 1.807) is 0 Å². The molecule has 1 aromatic heterocycles. The number of benzene rings is 6. The Kier molecular flexibility index (Phi) is 4.17. The quantitative estimate of drug-likeness (QED) is 0.235. The van der Waals surface area contributed by atoms with E-state index in [2.05, 4.69) is 138 Å². The number of nitrogens with zero attached hydrogens (tertiary/aromatic N) is 1. The molecule has 2 aliphatic heterocycles. The largest absolute Gasteiger partial charge is 0.458 e. The van der Waals surface area contributed by atoms with Crippen molar-refractivity contribution < 1.29 is 4.74 Å². The SMILES string of the molecule is c1ccc(-c2ccc3c(c2)-n2c4ccccc4c4c(-c5ccccc5)cc5c(c42)B3c2ccccc2O5)cc1. The highest BCUT2D eigenvalue weighted by atomic mass is 16.5. The molecule has 3 heterocycles. The molecule has 0 saturated heterocycles. The van der Waals surface area contributed by atoms with Crippen LogP contribution in [0.2, 0.25) is 0 Å². The Bertz CT molecular complexity index is 2090. The Balaban J connectivity index is 1.49. The van der Waals surface area contributed by atoms with Crippen molar-refractivity contribution in [3.05, 3.63) is 133 Å². The molecule has 0 saturated carbocycles. The van der Waals surface area contributed by atoms with Gasteiger partial charge in [-0.15, -0.1) is 0 Å². The van der Waals surface area contributed by atoms with E-state index < -0.39 is 0 Å². The standard InChI is InChI=1S/C36H22BNO/c1-3-11-23(12-4-1)25-19-20-28-31(21-25)38-30-17-9-7-15-26(30)34-27(24-13-5-2-6-14-24)22-33-35(36(34)38)37(28)29-16-8-10-18-32(29)39-33/h1-22H. The summed E-state index contributed by atoms with van der Waals surface area (Å²) in [5.41, 5.74) is 12.4. The van der Waals surface area contributed by atoms with E-state index in [4.69, 9.17) is 4.74 Å². The number of para-hydroxylation sites is 2. The van der Waals surface area contributed by atoms with Crippen molar-refractivity contribution in [1.29, 1.82) is 0 Å². The molecule has 2 nitrogen and oxygen atoms in total. The first-order valence-electron chi connectivity index (χ1n) is 13.5. The molecule has 39 heavy (non-hydrogen) atoms. The van der Waals surface area contributed by atoms with E-state index in [1.165, 1.54) is 66.1 Å². The fourth-order valence-electron chi connectivity index (χ4n) is 6.82. The summed E-state index contributed by atoms with van der Waals surface area (Å²) in [4.78, 5) is 0. The molecule has 0 N–H and O–H groups in total. The minimum absolute atomic E-state index is 0.105.